The van der Waals surface area contributed by atoms with E-state index in [9.17, 15) is 22.7 Å². The summed E-state index contributed by atoms with van der Waals surface area (Å²) >= 11 is 0. The van der Waals surface area contributed by atoms with E-state index in [1.165, 1.54) is 0 Å². The number of halogens is 1. The zero-order chi connectivity index (χ0) is 29.1. The summed E-state index contributed by atoms with van der Waals surface area (Å²) in [6.07, 6.45) is 5.30. The molecule has 226 valence electrons. The minimum atomic E-state index is -3.06. The molecule has 1 saturated carbocycles. The van der Waals surface area contributed by atoms with Gasteiger partial charge in [-0.1, -0.05) is 68.1 Å². The third kappa shape index (κ3) is 10.1. The first kappa shape index (κ1) is 31.4. The average molecular weight is 589 g/mol. The second-order valence-electron chi connectivity index (χ2n) is 11.5. The maximum absolute atomic E-state index is 13.8. The number of hydrogen-bond acceptors (Lipinski definition) is 6. The van der Waals surface area contributed by atoms with Gasteiger partial charge in [-0.3, -0.25) is 9.69 Å². The standard InChI is InChI=1S/C32H45FN2O5S/c33-27-19-20-35(22-27)23-30(32(37)26-15-17-28(18-16-26)40-24-25-10-4-1-5-11-25)34-31(36)14-8-3-9-21-41(38,39)29-12-6-2-7-13-29/h1,4-5,10-11,15-18,27,29-30,32,37H,2-3,6-9,12-14,19-24H2,(H,34,36)/t27-,30-,32?/m1/s1. The highest BCUT2D eigenvalue weighted by molar-refractivity contribution is 7.92. The van der Waals surface area contributed by atoms with Gasteiger partial charge in [-0.05, 0) is 55.4 Å². The Labute approximate surface area is 244 Å². The summed E-state index contributed by atoms with van der Waals surface area (Å²) in [4.78, 5) is 14.8. The number of alkyl halides is 1. The average Bonchev–Trinajstić information content (AvgIpc) is 3.40. The number of amides is 1. The highest BCUT2D eigenvalue weighted by Gasteiger charge is 2.30. The van der Waals surface area contributed by atoms with Gasteiger partial charge in [-0.15, -0.1) is 0 Å². The summed E-state index contributed by atoms with van der Waals surface area (Å²) in [6, 6.07) is 16.4. The number of carbonyl (C=O) groups is 1. The highest BCUT2D eigenvalue weighted by Crippen LogP contribution is 2.26. The largest absolute Gasteiger partial charge is 0.489 e. The van der Waals surface area contributed by atoms with E-state index in [0.29, 0.717) is 63.2 Å². The van der Waals surface area contributed by atoms with Crippen LogP contribution in [0.25, 0.3) is 0 Å². The second kappa shape index (κ2) is 15.7. The van der Waals surface area contributed by atoms with E-state index >= 15 is 0 Å². The van der Waals surface area contributed by atoms with Crippen LogP contribution >= 0.6 is 0 Å². The number of aliphatic hydroxyl groups is 1. The van der Waals surface area contributed by atoms with E-state index in [1.807, 2.05) is 35.2 Å². The van der Waals surface area contributed by atoms with Crippen molar-refractivity contribution < 1.29 is 27.4 Å². The van der Waals surface area contributed by atoms with Crippen molar-refractivity contribution in [3.05, 3.63) is 65.7 Å². The molecular formula is C32H45FN2O5S. The summed E-state index contributed by atoms with van der Waals surface area (Å²) in [5, 5.41) is 14.0. The molecule has 1 saturated heterocycles. The summed E-state index contributed by atoms with van der Waals surface area (Å²) in [7, 11) is -3.06. The van der Waals surface area contributed by atoms with Gasteiger partial charge in [-0.25, -0.2) is 12.8 Å². The number of unbranched alkanes of at least 4 members (excludes halogenated alkanes) is 2. The molecule has 2 aliphatic rings. The fourth-order valence-corrected chi connectivity index (χ4v) is 7.82. The molecule has 3 atom stereocenters. The fraction of sp³-hybridized carbons (Fsp3) is 0.594. The van der Waals surface area contributed by atoms with E-state index in [4.69, 9.17) is 4.74 Å². The normalized spacial score (nSPS) is 20.0. The molecule has 0 radical (unpaired) electrons. The van der Waals surface area contributed by atoms with Crippen LogP contribution in [0.5, 0.6) is 5.75 Å². The van der Waals surface area contributed by atoms with Crippen molar-refractivity contribution in [1.29, 1.82) is 0 Å². The van der Waals surface area contributed by atoms with Gasteiger partial charge in [0.25, 0.3) is 0 Å². The molecule has 1 aliphatic heterocycles. The molecule has 9 heteroatoms. The molecule has 1 aliphatic carbocycles. The molecule has 0 spiro atoms. The predicted octanol–water partition coefficient (Wildman–Crippen LogP) is 5.14. The van der Waals surface area contributed by atoms with Crippen LogP contribution in [0, 0.1) is 0 Å². The van der Waals surface area contributed by atoms with Gasteiger partial charge in [0.15, 0.2) is 9.84 Å². The lowest BCUT2D eigenvalue weighted by molar-refractivity contribution is -0.123. The number of nitrogens with one attached hydrogen (secondary N) is 1. The summed E-state index contributed by atoms with van der Waals surface area (Å²) in [5.74, 6) is 0.670. The van der Waals surface area contributed by atoms with Crippen LogP contribution in [0.3, 0.4) is 0 Å². The van der Waals surface area contributed by atoms with E-state index in [-0.39, 0.29) is 23.3 Å². The van der Waals surface area contributed by atoms with E-state index < -0.39 is 28.2 Å². The van der Waals surface area contributed by atoms with E-state index in [2.05, 4.69) is 5.32 Å². The Balaban J connectivity index is 1.27. The number of benzene rings is 2. The second-order valence-corrected chi connectivity index (χ2v) is 13.9. The lowest BCUT2D eigenvalue weighted by Crippen LogP contribution is -2.46. The van der Waals surface area contributed by atoms with Gasteiger partial charge in [0.1, 0.15) is 24.6 Å². The number of hydrogen-bond donors (Lipinski definition) is 2. The van der Waals surface area contributed by atoms with Gasteiger partial charge in [-0.2, -0.15) is 0 Å². The number of carbonyl (C=O) groups excluding carboxylic acids is 1. The number of ether oxygens (including phenoxy) is 1. The number of aliphatic hydroxyl groups excluding tert-OH is 1. The number of rotatable bonds is 15. The van der Waals surface area contributed by atoms with E-state index in [1.54, 1.807) is 24.3 Å². The van der Waals surface area contributed by atoms with Crippen molar-refractivity contribution in [2.24, 2.45) is 0 Å². The molecule has 1 heterocycles. The molecule has 2 aromatic carbocycles. The summed E-state index contributed by atoms with van der Waals surface area (Å²) in [6.45, 7) is 1.66. The van der Waals surface area contributed by atoms with Crippen molar-refractivity contribution in [2.45, 2.75) is 94.4 Å². The SMILES string of the molecule is O=C(CCCCCS(=O)(=O)C1CCCCC1)N[C@H](CN1CC[C@@H](F)C1)C(O)c1ccc(OCc2ccccc2)cc1. The molecule has 0 aromatic heterocycles. The zero-order valence-electron chi connectivity index (χ0n) is 23.9. The quantitative estimate of drug-likeness (QED) is 0.280. The van der Waals surface area contributed by atoms with Gasteiger partial charge >= 0.3 is 0 Å². The van der Waals surface area contributed by atoms with Crippen LogP contribution < -0.4 is 10.1 Å². The molecule has 1 unspecified atom stereocenters. The van der Waals surface area contributed by atoms with Crippen molar-refractivity contribution in [1.82, 2.24) is 10.2 Å². The third-order valence-corrected chi connectivity index (χ3v) is 10.6. The maximum Gasteiger partial charge on any atom is 0.220 e. The van der Waals surface area contributed by atoms with Crippen molar-refractivity contribution in [3.8, 4) is 5.75 Å². The molecule has 2 N–H and O–H groups in total. The summed E-state index contributed by atoms with van der Waals surface area (Å²) in [5.41, 5.74) is 1.70. The van der Waals surface area contributed by atoms with Crippen LogP contribution in [-0.2, 0) is 21.2 Å². The first-order valence-corrected chi connectivity index (χ1v) is 16.8. The number of nitrogens with zero attached hydrogens (tertiary/aromatic N) is 1. The van der Waals surface area contributed by atoms with Crippen molar-refractivity contribution >= 4 is 15.7 Å². The molecule has 1 amide bonds. The number of sulfone groups is 1. The van der Waals surface area contributed by atoms with Crippen LogP contribution in [0.15, 0.2) is 54.6 Å². The van der Waals surface area contributed by atoms with Gasteiger partial charge in [0, 0.05) is 26.1 Å². The minimum absolute atomic E-state index is 0.186. The van der Waals surface area contributed by atoms with Gasteiger partial charge in [0.05, 0.1) is 17.0 Å². The van der Waals surface area contributed by atoms with Crippen LogP contribution in [0.4, 0.5) is 4.39 Å². The molecule has 7 nitrogen and oxygen atoms in total. The Hall–Kier alpha value is -2.49. The monoisotopic (exact) mass is 588 g/mol. The van der Waals surface area contributed by atoms with Crippen LogP contribution in [0.1, 0.15) is 81.4 Å². The Morgan fingerprint density at radius 2 is 1.73 bits per heavy atom. The zero-order valence-corrected chi connectivity index (χ0v) is 24.7. The fourth-order valence-electron chi connectivity index (χ4n) is 5.82. The minimum Gasteiger partial charge on any atom is -0.489 e. The lowest BCUT2D eigenvalue weighted by Gasteiger charge is -2.29. The predicted molar refractivity (Wildman–Crippen MR) is 159 cm³/mol. The number of likely N-dealkylation sites (tertiary alicyclic amines) is 1. The molecule has 2 aromatic rings. The topological polar surface area (TPSA) is 95.9 Å². The molecule has 4 rings (SSSR count). The Morgan fingerprint density at radius 1 is 1.00 bits per heavy atom. The third-order valence-electron chi connectivity index (χ3n) is 8.26. The molecule has 0 bridgehead atoms. The Morgan fingerprint density at radius 3 is 2.41 bits per heavy atom. The Bertz CT molecular complexity index is 1170. The first-order valence-electron chi connectivity index (χ1n) is 15.1. The van der Waals surface area contributed by atoms with Crippen LogP contribution in [-0.4, -0.2) is 67.2 Å². The van der Waals surface area contributed by atoms with Crippen LogP contribution in [0.2, 0.25) is 0 Å². The smallest absolute Gasteiger partial charge is 0.220 e. The molecule has 41 heavy (non-hydrogen) atoms. The van der Waals surface area contributed by atoms with Crippen molar-refractivity contribution in [2.75, 3.05) is 25.4 Å². The maximum atomic E-state index is 13.8. The highest BCUT2D eigenvalue weighted by atomic mass is 32.2. The molecular weight excluding hydrogens is 543 g/mol. The van der Waals surface area contributed by atoms with E-state index in [0.717, 1.165) is 37.7 Å². The van der Waals surface area contributed by atoms with Crippen molar-refractivity contribution in [3.63, 3.8) is 0 Å². The van der Waals surface area contributed by atoms with Gasteiger partial charge < -0.3 is 15.2 Å². The summed E-state index contributed by atoms with van der Waals surface area (Å²) < 4.78 is 44.9. The molecule has 2 fully saturated rings. The van der Waals surface area contributed by atoms with Gasteiger partial charge in [0.2, 0.25) is 5.91 Å². The lowest BCUT2D eigenvalue weighted by atomic mass is 10.0. The Kier molecular flexibility index (Phi) is 12.0. The first-order chi connectivity index (χ1) is 19.8.